The second kappa shape index (κ2) is 7.59. The average molecular weight is 400 g/mol. The van der Waals surface area contributed by atoms with Crippen LogP contribution in [0.25, 0.3) is 11.1 Å². The number of nitrogens with one attached hydrogen (secondary N) is 1. The van der Waals surface area contributed by atoms with Crippen molar-refractivity contribution in [1.82, 2.24) is 10.3 Å². The van der Waals surface area contributed by atoms with Crippen molar-refractivity contribution in [2.45, 2.75) is 25.2 Å². The van der Waals surface area contributed by atoms with Gasteiger partial charge in [-0.3, -0.25) is 19.8 Å². The van der Waals surface area contributed by atoms with Crippen LogP contribution >= 0.6 is 11.6 Å². The third kappa shape index (κ3) is 3.45. The van der Waals surface area contributed by atoms with Crippen LogP contribution < -0.4 is 10.2 Å². The van der Waals surface area contributed by atoms with Gasteiger partial charge in [0.2, 0.25) is 11.8 Å². The van der Waals surface area contributed by atoms with Gasteiger partial charge in [0.1, 0.15) is 5.82 Å². The fraction of sp³-hybridized carbons (Fsp3) is 0.300. The molecule has 144 valence electrons. The van der Waals surface area contributed by atoms with Crippen LogP contribution in [-0.4, -0.2) is 36.0 Å². The van der Waals surface area contributed by atoms with Crippen molar-refractivity contribution in [2.75, 3.05) is 18.1 Å². The molecule has 1 N–H and O–H groups in total. The molecule has 2 aliphatic rings. The van der Waals surface area contributed by atoms with Gasteiger partial charge in [-0.1, -0.05) is 29.8 Å². The summed E-state index contributed by atoms with van der Waals surface area (Å²) in [5.74, 6) is -0.525. The number of aromatic nitrogens is 1. The maximum absolute atomic E-state index is 12.2. The molecule has 4 rings (SSSR count). The van der Waals surface area contributed by atoms with Gasteiger partial charge in [-0.05, 0) is 30.5 Å². The lowest BCUT2D eigenvalue weighted by Crippen LogP contribution is -2.39. The molecule has 7 nitrogen and oxygen atoms in total. The Labute approximate surface area is 166 Å². The lowest BCUT2D eigenvalue weighted by Gasteiger charge is -2.25. The lowest BCUT2D eigenvalue weighted by molar-refractivity contribution is -0.134. The normalized spacial score (nSPS) is 20.0. The highest BCUT2D eigenvalue weighted by Gasteiger charge is 2.30. The molecule has 0 aliphatic carbocycles. The number of hydrogen-bond acceptors (Lipinski definition) is 5. The van der Waals surface area contributed by atoms with E-state index < -0.39 is 12.0 Å². The fourth-order valence-corrected chi connectivity index (χ4v) is 3.86. The summed E-state index contributed by atoms with van der Waals surface area (Å²) in [6.45, 7) is 0.993. The van der Waals surface area contributed by atoms with Crippen LogP contribution in [0, 0.1) is 0 Å². The number of halogens is 1. The number of anilines is 1. The molecule has 2 saturated heterocycles. The molecule has 0 spiro atoms. The van der Waals surface area contributed by atoms with Crippen molar-refractivity contribution < 1.29 is 19.1 Å². The molecule has 1 unspecified atom stereocenters. The van der Waals surface area contributed by atoms with E-state index in [2.05, 4.69) is 10.3 Å². The Bertz CT molecular complexity index is 945. The minimum absolute atomic E-state index is 0.260. The fourth-order valence-electron chi connectivity index (χ4n) is 3.50. The molecule has 1 atom stereocenters. The zero-order valence-electron chi connectivity index (χ0n) is 15.0. The Morgan fingerprint density at radius 2 is 2.04 bits per heavy atom. The number of benzene rings is 1. The van der Waals surface area contributed by atoms with Gasteiger partial charge in [0, 0.05) is 30.3 Å². The number of piperidine rings is 1. The third-order valence-corrected chi connectivity index (χ3v) is 5.37. The first-order valence-electron chi connectivity index (χ1n) is 9.07. The molecule has 3 amide bonds. The van der Waals surface area contributed by atoms with Crippen LogP contribution in [0.2, 0.25) is 5.02 Å². The Morgan fingerprint density at radius 3 is 2.75 bits per heavy atom. The molecule has 3 heterocycles. The summed E-state index contributed by atoms with van der Waals surface area (Å²) in [6.07, 6.45) is 2.73. The first-order valence-corrected chi connectivity index (χ1v) is 9.45. The summed E-state index contributed by atoms with van der Waals surface area (Å²) < 4.78 is 5.04. The highest BCUT2D eigenvalue weighted by atomic mass is 35.5. The number of cyclic esters (lactones) is 1. The standard InChI is InChI=1S/C20H18ClN3O4/c21-18-13(3-1-4-14(18)15-6-8-17(25)23-19(15)26)12-5-7-16(22-11-12)24-9-2-10-28-20(24)27/h1,3-5,7,11,15H,2,6,8-10H2,(H,23,25,26). The van der Waals surface area contributed by atoms with Crippen molar-refractivity contribution in [2.24, 2.45) is 0 Å². The molecular weight excluding hydrogens is 382 g/mol. The summed E-state index contributed by atoms with van der Waals surface area (Å²) >= 11 is 6.61. The summed E-state index contributed by atoms with van der Waals surface area (Å²) in [4.78, 5) is 41.3. The number of carbonyl (C=O) groups is 3. The lowest BCUT2D eigenvalue weighted by atomic mass is 9.88. The number of carbonyl (C=O) groups excluding carboxylic acids is 3. The molecule has 1 aromatic heterocycles. The minimum Gasteiger partial charge on any atom is -0.449 e. The molecular formula is C20H18ClN3O4. The smallest absolute Gasteiger partial charge is 0.415 e. The van der Waals surface area contributed by atoms with E-state index in [1.165, 1.54) is 4.90 Å². The monoisotopic (exact) mass is 399 g/mol. The van der Waals surface area contributed by atoms with Crippen LogP contribution in [0.15, 0.2) is 36.5 Å². The first kappa shape index (κ1) is 18.4. The predicted molar refractivity (Wildman–Crippen MR) is 103 cm³/mol. The van der Waals surface area contributed by atoms with Crippen molar-refractivity contribution in [3.63, 3.8) is 0 Å². The topological polar surface area (TPSA) is 88.6 Å². The summed E-state index contributed by atoms with van der Waals surface area (Å²) in [5, 5.41) is 2.83. The number of hydrogen-bond donors (Lipinski definition) is 1. The highest BCUT2D eigenvalue weighted by Crippen LogP contribution is 2.37. The van der Waals surface area contributed by atoms with Gasteiger partial charge in [-0.2, -0.15) is 0 Å². The third-order valence-electron chi connectivity index (χ3n) is 4.95. The van der Waals surface area contributed by atoms with Crippen LogP contribution in [-0.2, 0) is 14.3 Å². The van der Waals surface area contributed by atoms with Crippen molar-refractivity contribution in [3.05, 3.63) is 47.1 Å². The number of imide groups is 1. The Hall–Kier alpha value is -2.93. The van der Waals surface area contributed by atoms with Crippen LogP contribution in [0.4, 0.5) is 10.6 Å². The van der Waals surface area contributed by atoms with Gasteiger partial charge in [-0.15, -0.1) is 0 Å². The van der Waals surface area contributed by atoms with E-state index in [1.807, 2.05) is 18.2 Å². The number of pyridine rings is 1. The summed E-state index contributed by atoms with van der Waals surface area (Å²) in [6, 6.07) is 9.06. The van der Waals surface area contributed by atoms with Crippen molar-refractivity contribution in [1.29, 1.82) is 0 Å². The van der Waals surface area contributed by atoms with Gasteiger partial charge in [0.15, 0.2) is 0 Å². The summed E-state index contributed by atoms with van der Waals surface area (Å²) in [5.41, 5.74) is 2.20. The number of amides is 3. The SMILES string of the molecule is O=C1CCC(c2cccc(-c3ccc(N4CCCOC4=O)nc3)c2Cl)C(=O)N1. The van der Waals surface area contributed by atoms with E-state index in [0.29, 0.717) is 42.4 Å². The molecule has 1 aromatic carbocycles. The molecule has 2 aromatic rings. The number of nitrogens with zero attached hydrogens (tertiary/aromatic N) is 2. The quantitative estimate of drug-likeness (QED) is 0.800. The largest absolute Gasteiger partial charge is 0.449 e. The molecule has 2 fully saturated rings. The maximum Gasteiger partial charge on any atom is 0.415 e. The van der Waals surface area contributed by atoms with Gasteiger partial charge < -0.3 is 4.74 Å². The molecule has 8 heteroatoms. The van der Waals surface area contributed by atoms with Gasteiger partial charge in [-0.25, -0.2) is 9.78 Å². The zero-order chi connectivity index (χ0) is 19.7. The molecule has 28 heavy (non-hydrogen) atoms. The van der Waals surface area contributed by atoms with E-state index in [0.717, 1.165) is 17.5 Å². The van der Waals surface area contributed by atoms with Crippen molar-refractivity contribution >= 4 is 35.3 Å². The van der Waals surface area contributed by atoms with Crippen LogP contribution in [0.1, 0.15) is 30.7 Å². The Kier molecular flexibility index (Phi) is 5.00. The summed E-state index contributed by atoms with van der Waals surface area (Å²) in [7, 11) is 0. The molecule has 2 aliphatic heterocycles. The van der Waals surface area contributed by atoms with E-state index in [9.17, 15) is 14.4 Å². The zero-order valence-corrected chi connectivity index (χ0v) is 15.7. The van der Waals surface area contributed by atoms with E-state index in [-0.39, 0.29) is 11.8 Å². The predicted octanol–water partition coefficient (Wildman–Crippen LogP) is 3.27. The van der Waals surface area contributed by atoms with Gasteiger partial charge >= 0.3 is 6.09 Å². The van der Waals surface area contributed by atoms with E-state index in [1.54, 1.807) is 18.3 Å². The minimum atomic E-state index is -0.458. The maximum atomic E-state index is 12.2. The first-order chi connectivity index (χ1) is 13.5. The Morgan fingerprint density at radius 1 is 1.18 bits per heavy atom. The van der Waals surface area contributed by atoms with E-state index >= 15 is 0 Å². The molecule has 0 saturated carbocycles. The molecule has 0 radical (unpaired) electrons. The highest BCUT2D eigenvalue weighted by molar-refractivity contribution is 6.34. The second-order valence-electron chi connectivity index (χ2n) is 6.74. The average Bonchev–Trinajstić information content (AvgIpc) is 2.69. The van der Waals surface area contributed by atoms with Gasteiger partial charge in [0.25, 0.3) is 0 Å². The number of rotatable bonds is 3. The van der Waals surface area contributed by atoms with E-state index in [4.69, 9.17) is 16.3 Å². The van der Waals surface area contributed by atoms with Gasteiger partial charge in [0.05, 0.1) is 17.5 Å². The van der Waals surface area contributed by atoms with Crippen LogP contribution in [0.3, 0.4) is 0 Å². The van der Waals surface area contributed by atoms with Crippen molar-refractivity contribution in [3.8, 4) is 11.1 Å². The Balaban J connectivity index is 1.62. The van der Waals surface area contributed by atoms with Crippen LogP contribution in [0.5, 0.6) is 0 Å². The second-order valence-corrected chi connectivity index (χ2v) is 7.12. The number of ether oxygens (including phenoxy) is 1. The molecule has 0 bridgehead atoms.